The van der Waals surface area contributed by atoms with Crippen LogP contribution in [0.2, 0.25) is 0 Å². The lowest BCUT2D eigenvalue weighted by Crippen LogP contribution is -2.07. The van der Waals surface area contributed by atoms with E-state index in [1.165, 1.54) is 33.4 Å². The highest BCUT2D eigenvalue weighted by Crippen LogP contribution is 2.43. The van der Waals surface area contributed by atoms with E-state index in [2.05, 4.69) is 152 Å². The largest absolute Gasteiger partial charge is 0.456 e. The van der Waals surface area contributed by atoms with E-state index in [1.807, 2.05) is 24.3 Å². The van der Waals surface area contributed by atoms with Crippen LogP contribution in [-0.4, -0.2) is 0 Å². The molecule has 54 heavy (non-hydrogen) atoms. The third-order valence-corrected chi connectivity index (χ3v) is 11.2. The highest BCUT2D eigenvalue weighted by Gasteiger charge is 2.23. The zero-order valence-corrected chi connectivity index (χ0v) is 29.5. The second-order valence-corrected chi connectivity index (χ2v) is 14.4. The van der Waals surface area contributed by atoms with Gasteiger partial charge < -0.3 is 13.3 Å². The van der Waals surface area contributed by atoms with Gasteiger partial charge in [0.15, 0.2) is 0 Å². The van der Waals surface area contributed by atoms with Gasteiger partial charge in [-0.15, -0.1) is 0 Å². The van der Waals surface area contributed by atoms with Gasteiger partial charge in [0, 0.05) is 26.9 Å². The summed E-state index contributed by atoms with van der Waals surface area (Å²) >= 11 is 0. The summed E-state index contributed by atoms with van der Waals surface area (Å²) in [6.07, 6.45) is 1.64. The van der Waals surface area contributed by atoms with Gasteiger partial charge in [0.05, 0.1) is 5.39 Å². The predicted octanol–water partition coefficient (Wildman–Crippen LogP) is 14.3. The minimum atomic E-state index is 0.142. The van der Waals surface area contributed by atoms with Gasteiger partial charge in [-0.3, -0.25) is 0 Å². The molecule has 0 spiro atoms. The second-order valence-electron chi connectivity index (χ2n) is 14.4. The molecule has 0 radical (unpaired) electrons. The topological polar surface area (TPSA) is 39.4 Å². The molecule has 0 aliphatic rings. The number of furan rings is 3. The van der Waals surface area contributed by atoms with Crippen molar-refractivity contribution in [3.8, 4) is 22.3 Å². The molecule has 0 N–H and O–H groups in total. The molecule has 3 nitrogen and oxygen atoms in total. The zero-order chi connectivity index (χ0) is 35.6. The maximum atomic E-state index is 6.69. The van der Waals surface area contributed by atoms with Crippen LogP contribution in [0.15, 0.2) is 189 Å². The molecule has 3 aromatic heterocycles. The standard InChI is InChI=1S/C51H34O3/c1-3-11-33(12-4-1)35-21-19-32(20-22-35)27-38(37-24-26-41-40-25-23-36(34-13-5-2-6-14-34)29-46(40)53-47(41)30-37)28-39-31-48-50(43-16-8-9-17-44(43)52-48)51-49(39)42-15-7-10-18-45(42)54-51/h1-26,29-31,38H,27-28H2/t38-/m0/s1. The molecular formula is C51H34O3. The molecule has 256 valence electrons. The Bertz CT molecular complexity index is 3140. The number of benzene rings is 8. The van der Waals surface area contributed by atoms with Crippen molar-refractivity contribution >= 4 is 65.8 Å². The number of fused-ring (bicyclic) bond motifs is 10. The maximum absolute atomic E-state index is 6.69. The van der Waals surface area contributed by atoms with E-state index in [0.717, 1.165) is 84.2 Å². The van der Waals surface area contributed by atoms with E-state index in [4.69, 9.17) is 13.3 Å². The fourth-order valence-corrected chi connectivity index (χ4v) is 8.51. The molecule has 0 bridgehead atoms. The van der Waals surface area contributed by atoms with Gasteiger partial charge in [-0.1, -0.05) is 140 Å². The summed E-state index contributed by atoms with van der Waals surface area (Å²) in [4.78, 5) is 0. The monoisotopic (exact) mass is 694 g/mol. The molecule has 0 fully saturated rings. The van der Waals surface area contributed by atoms with Gasteiger partial charge in [-0.05, 0) is 94.1 Å². The van der Waals surface area contributed by atoms with Crippen LogP contribution in [0.3, 0.4) is 0 Å². The summed E-state index contributed by atoms with van der Waals surface area (Å²) in [5.74, 6) is 0.142. The molecule has 0 amide bonds. The molecule has 3 heteroatoms. The van der Waals surface area contributed by atoms with Crippen LogP contribution >= 0.6 is 0 Å². The van der Waals surface area contributed by atoms with Crippen molar-refractivity contribution in [2.75, 3.05) is 0 Å². The number of hydrogen-bond acceptors (Lipinski definition) is 3. The van der Waals surface area contributed by atoms with Crippen LogP contribution in [0.4, 0.5) is 0 Å². The Morgan fingerprint density at radius 1 is 0.352 bits per heavy atom. The Morgan fingerprint density at radius 2 is 0.907 bits per heavy atom. The first-order valence-corrected chi connectivity index (χ1v) is 18.6. The van der Waals surface area contributed by atoms with Gasteiger partial charge in [-0.2, -0.15) is 0 Å². The van der Waals surface area contributed by atoms with Crippen molar-refractivity contribution in [3.63, 3.8) is 0 Å². The number of rotatable bonds is 7. The highest BCUT2D eigenvalue weighted by atomic mass is 16.3. The van der Waals surface area contributed by atoms with Gasteiger partial charge in [0.1, 0.15) is 33.5 Å². The van der Waals surface area contributed by atoms with E-state index in [9.17, 15) is 0 Å². The van der Waals surface area contributed by atoms with Crippen LogP contribution < -0.4 is 0 Å². The average Bonchev–Trinajstić information content (AvgIpc) is 3.92. The SMILES string of the molecule is c1ccc(-c2ccc(C[C@@H](Cc3cc4oc5ccccc5c4c4oc5ccccc5c34)c3ccc4c(c3)oc3cc(-c5ccccc5)ccc34)cc2)cc1. The smallest absolute Gasteiger partial charge is 0.147 e. The minimum absolute atomic E-state index is 0.142. The molecule has 0 saturated carbocycles. The highest BCUT2D eigenvalue weighted by molar-refractivity contribution is 6.23. The van der Waals surface area contributed by atoms with E-state index < -0.39 is 0 Å². The summed E-state index contributed by atoms with van der Waals surface area (Å²) in [7, 11) is 0. The van der Waals surface area contributed by atoms with Crippen molar-refractivity contribution < 1.29 is 13.3 Å². The Labute approximate surface area is 311 Å². The third kappa shape index (κ3) is 5.12. The summed E-state index contributed by atoms with van der Waals surface area (Å²) in [6.45, 7) is 0. The molecular weight excluding hydrogens is 661 g/mol. The molecule has 11 rings (SSSR count). The van der Waals surface area contributed by atoms with Crippen molar-refractivity contribution in [2.24, 2.45) is 0 Å². The first kappa shape index (κ1) is 30.8. The Morgan fingerprint density at radius 3 is 1.65 bits per heavy atom. The summed E-state index contributed by atoms with van der Waals surface area (Å²) in [6, 6.07) is 62.4. The lowest BCUT2D eigenvalue weighted by molar-refractivity contribution is 0.652. The van der Waals surface area contributed by atoms with Crippen LogP contribution in [0, 0.1) is 0 Å². The molecule has 8 aromatic carbocycles. The number of para-hydroxylation sites is 2. The van der Waals surface area contributed by atoms with Crippen molar-refractivity contribution in [2.45, 2.75) is 18.8 Å². The van der Waals surface area contributed by atoms with Crippen LogP contribution in [0.25, 0.3) is 88.1 Å². The zero-order valence-electron chi connectivity index (χ0n) is 29.5. The van der Waals surface area contributed by atoms with E-state index in [-0.39, 0.29) is 5.92 Å². The molecule has 0 unspecified atom stereocenters. The molecule has 0 aliphatic heterocycles. The summed E-state index contributed by atoms with van der Waals surface area (Å²) in [5.41, 5.74) is 13.8. The molecule has 3 heterocycles. The summed E-state index contributed by atoms with van der Waals surface area (Å²) in [5, 5.41) is 6.66. The fraction of sp³-hybridized carbons (Fsp3) is 0.0588. The molecule has 11 aromatic rings. The first-order valence-electron chi connectivity index (χ1n) is 18.6. The molecule has 0 saturated heterocycles. The van der Waals surface area contributed by atoms with Gasteiger partial charge >= 0.3 is 0 Å². The van der Waals surface area contributed by atoms with Crippen molar-refractivity contribution in [1.29, 1.82) is 0 Å². The lowest BCUT2D eigenvalue weighted by Gasteiger charge is -2.19. The minimum Gasteiger partial charge on any atom is -0.456 e. The Kier molecular flexibility index (Phi) is 7.06. The van der Waals surface area contributed by atoms with Crippen LogP contribution in [0.1, 0.15) is 22.6 Å². The predicted molar refractivity (Wildman–Crippen MR) is 222 cm³/mol. The van der Waals surface area contributed by atoms with Gasteiger partial charge in [-0.25, -0.2) is 0 Å². The second kappa shape index (κ2) is 12.4. The Balaban J connectivity index is 1.06. The van der Waals surface area contributed by atoms with Crippen molar-refractivity contribution in [1.82, 2.24) is 0 Å². The normalized spacial score (nSPS) is 12.5. The Hall–Kier alpha value is -6.84. The first-order chi connectivity index (χ1) is 26.7. The van der Waals surface area contributed by atoms with Gasteiger partial charge in [0.2, 0.25) is 0 Å². The summed E-state index contributed by atoms with van der Waals surface area (Å²) < 4.78 is 19.9. The van der Waals surface area contributed by atoms with Gasteiger partial charge in [0.25, 0.3) is 0 Å². The lowest BCUT2D eigenvalue weighted by atomic mass is 9.84. The molecule has 1 atom stereocenters. The quantitative estimate of drug-likeness (QED) is 0.167. The van der Waals surface area contributed by atoms with Crippen LogP contribution in [0.5, 0.6) is 0 Å². The third-order valence-electron chi connectivity index (χ3n) is 11.2. The van der Waals surface area contributed by atoms with E-state index in [0.29, 0.717) is 0 Å². The fourth-order valence-electron chi connectivity index (χ4n) is 8.51. The van der Waals surface area contributed by atoms with Crippen molar-refractivity contribution in [3.05, 3.63) is 193 Å². The van der Waals surface area contributed by atoms with E-state index in [1.54, 1.807) is 0 Å². The molecule has 0 aliphatic carbocycles. The number of hydrogen-bond donors (Lipinski definition) is 0. The maximum Gasteiger partial charge on any atom is 0.147 e. The van der Waals surface area contributed by atoms with E-state index >= 15 is 0 Å². The van der Waals surface area contributed by atoms with Crippen LogP contribution in [-0.2, 0) is 12.8 Å². The average molecular weight is 695 g/mol.